The molecule has 1 heterocycles. The second-order valence-corrected chi connectivity index (χ2v) is 4.87. The third-order valence-electron chi connectivity index (χ3n) is 2.71. The monoisotopic (exact) mass is 257 g/mol. The first-order valence-corrected chi connectivity index (χ1v) is 6.56. The maximum absolute atomic E-state index is 11.4. The van der Waals surface area contributed by atoms with Gasteiger partial charge in [-0.05, 0) is 12.3 Å². The SMILES string of the molecule is CC(C)C[C@H](NC(=O)CN)B1OCCNCCO1. The van der Waals surface area contributed by atoms with Crippen molar-refractivity contribution in [3.05, 3.63) is 0 Å². The van der Waals surface area contributed by atoms with E-state index < -0.39 is 0 Å². The summed E-state index contributed by atoms with van der Waals surface area (Å²) in [4.78, 5) is 11.4. The van der Waals surface area contributed by atoms with Crippen LogP contribution in [0.1, 0.15) is 20.3 Å². The minimum Gasteiger partial charge on any atom is -0.408 e. The highest BCUT2D eigenvalue weighted by Crippen LogP contribution is 2.10. The molecule has 1 atom stereocenters. The lowest BCUT2D eigenvalue weighted by molar-refractivity contribution is -0.120. The van der Waals surface area contributed by atoms with Crippen molar-refractivity contribution in [3.63, 3.8) is 0 Å². The molecule has 18 heavy (non-hydrogen) atoms. The molecule has 104 valence electrons. The normalized spacial score (nSPS) is 19.2. The highest BCUT2D eigenvalue weighted by Gasteiger charge is 2.32. The highest BCUT2D eigenvalue weighted by molar-refractivity contribution is 6.47. The molecule has 7 heteroatoms. The van der Waals surface area contributed by atoms with Gasteiger partial charge in [0.15, 0.2) is 0 Å². The molecule has 6 nitrogen and oxygen atoms in total. The van der Waals surface area contributed by atoms with E-state index in [2.05, 4.69) is 24.5 Å². The predicted molar refractivity (Wildman–Crippen MR) is 71.0 cm³/mol. The van der Waals surface area contributed by atoms with Gasteiger partial charge >= 0.3 is 7.12 Å². The van der Waals surface area contributed by atoms with Crippen LogP contribution in [-0.2, 0) is 14.1 Å². The zero-order chi connectivity index (χ0) is 13.4. The van der Waals surface area contributed by atoms with Gasteiger partial charge in [0, 0.05) is 26.3 Å². The Hall–Kier alpha value is -0.625. The van der Waals surface area contributed by atoms with Crippen LogP contribution in [0.4, 0.5) is 0 Å². The van der Waals surface area contributed by atoms with Crippen LogP contribution in [0, 0.1) is 5.92 Å². The molecular weight excluding hydrogens is 233 g/mol. The van der Waals surface area contributed by atoms with Crippen molar-refractivity contribution in [2.24, 2.45) is 11.7 Å². The van der Waals surface area contributed by atoms with Crippen LogP contribution >= 0.6 is 0 Å². The number of carbonyl (C=O) groups excluding carboxylic acids is 1. The molecule has 1 fully saturated rings. The van der Waals surface area contributed by atoms with E-state index in [0.717, 1.165) is 19.5 Å². The molecule has 0 radical (unpaired) electrons. The minimum atomic E-state index is -0.384. The Morgan fingerprint density at radius 1 is 1.39 bits per heavy atom. The quantitative estimate of drug-likeness (QED) is 0.558. The fourth-order valence-electron chi connectivity index (χ4n) is 1.91. The van der Waals surface area contributed by atoms with E-state index in [0.29, 0.717) is 19.1 Å². The number of hydrogen-bond donors (Lipinski definition) is 3. The van der Waals surface area contributed by atoms with Gasteiger partial charge in [0.25, 0.3) is 0 Å². The molecule has 0 unspecified atom stereocenters. The first kappa shape index (κ1) is 15.4. The number of rotatable bonds is 5. The van der Waals surface area contributed by atoms with E-state index in [4.69, 9.17) is 15.0 Å². The molecule has 4 N–H and O–H groups in total. The van der Waals surface area contributed by atoms with Crippen molar-refractivity contribution in [2.45, 2.75) is 26.2 Å². The van der Waals surface area contributed by atoms with Crippen LogP contribution in [0.3, 0.4) is 0 Å². The molecule has 1 aliphatic heterocycles. The maximum atomic E-state index is 11.4. The Kier molecular flexibility index (Phi) is 7.26. The van der Waals surface area contributed by atoms with E-state index in [-0.39, 0.29) is 25.5 Å². The van der Waals surface area contributed by atoms with Crippen LogP contribution in [0.2, 0.25) is 0 Å². The number of amides is 1. The standard InChI is InChI=1S/C11H24BN3O3/c1-9(2)7-10(15-11(16)8-13)12-17-5-3-14-4-6-18-12/h9-10,14H,3-8,13H2,1-2H3,(H,15,16)/t10-/m0/s1. The van der Waals surface area contributed by atoms with Crippen molar-refractivity contribution < 1.29 is 14.1 Å². The zero-order valence-corrected chi connectivity index (χ0v) is 11.3. The number of hydrogen-bond acceptors (Lipinski definition) is 5. The van der Waals surface area contributed by atoms with Crippen molar-refractivity contribution in [1.29, 1.82) is 0 Å². The summed E-state index contributed by atoms with van der Waals surface area (Å²) in [5.74, 6) is 0.135. The third kappa shape index (κ3) is 5.81. The average molecular weight is 257 g/mol. The summed E-state index contributed by atoms with van der Waals surface area (Å²) in [7, 11) is -0.384. The fourth-order valence-corrected chi connectivity index (χ4v) is 1.91. The largest absolute Gasteiger partial charge is 0.480 e. The van der Waals surface area contributed by atoms with Crippen LogP contribution in [-0.4, -0.2) is 51.8 Å². The smallest absolute Gasteiger partial charge is 0.408 e. The van der Waals surface area contributed by atoms with Crippen LogP contribution < -0.4 is 16.4 Å². The first-order valence-electron chi connectivity index (χ1n) is 6.56. The Labute approximate surface area is 109 Å². The van der Waals surface area contributed by atoms with Gasteiger partial charge in [-0.15, -0.1) is 0 Å². The molecule has 0 saturated carbocycles. The summed E-state index contributed by atoms with van der Waals surface area (Å²) in [6, 6.07) is 0. The fraction of sp³-hybridized carbons (Fsp3) is 0.909. The molecule has 0 aromatic rings. The summed E-state index contributed by atoms with van der Waals surface area (Å²) in [6.45, 7) is 6.97. The predicted octanol–water partition coefficient (Wildman–Crippen LogP) is -0.860. The van der Waals surface area contributed by atoms with Gasteiger partial charge < -0.3 is 25.7 Å². The molecule has 0 spiro atoms. The summed E-state index contributed by atoms with van der Waals surface area (Å²) >= 11 is 0. The van der Waals surface area contributed by atoms with E-state index in [9.17, 15) is 4.79 Å². The topological polar surface area (TPSA) is 85.6 Å². The molecule has 1 aliphatic rings. The number of nitrogens with two attached hydrogens (primary N) is 1. The molecule has 1 rings (SSSR count). The van der Waals surface area contributed by atoms with Crippen molar-refractivity contribution in [2.75, 3.05) is 32.8 Å². The minimum absolute atomic E-state index is 0.0110. The van der Waals surface area contributed by atoms with Crippen molar-refractivity contribution in [3.8, 4) is 0 Å². The molecule has 0 aliphatic carbocycles. The van der Waals surface area contributed by atoms with Gasteiger partial charge in [-0.25, -0.2) is 0 Å². The van der Waals surface area contributed by atoms with Gasteiger partial charge in [-0.1, -0.05) is 13.8 Å². The molecule has 0 aromatic carbocycles. The molecule has 0 aromatic heterocycles. The van der Waals surface area contributed by atoms with E-state index in [1.54, 1.807) is 0 Å². The van der Waals surface area contributed by atoms with Gasteiger partial charge in [-0.2, -0.15) is 0 Å². The average Bonchev–Trinajstić information content (AvgIpc) is 2.27. The van der Waals surface area contributed by atoms with E-state index in [1.165, 1.54) is 0 Å². The Bertz CT molecular complexity index is 246. The highest BCUT2D eigenvalue weighted by atomic mass is 16.6. The second kappa shape index (κ2) is 8.47. The first-order chi connectivity index (χ1) is 8.63. The lowest BCUT2D eigenvalue weighted by atomic mass is 9.73. The number of nitrogens with one attached hydrogen (secondary N) is 2. The van der Waals surface area contributed by atoms with Gasteiger partial charge in [-0.3, -0.25) is 4.79 Å². The molecular formula is C11H24BN3O3. The van der Waals surface area contributed by atoms with Gasteiger partial charge in [0.05, 0.1) is 12.5 Å². The molecule has 0 bridgehead atoms. The summed E-state index contributed by atoms with van der Waals surface area (Å²) in [6.07, 6.45) is 0.809. The van der Waals surface area contributed by atoms with Crippen LogP contribution in [0.15, 0.2) is 0 Å². The second-order valence-electron chi connectivity index (χ2n) is 4.87. The summed E-state index contributed by atoms with van der Waals surface area (Å²) in [5.41, 5.74) is 5.33. The van der Waals surface area contributed by atoms with E-state index >= 15 is 0 Å². The Balaban J connectivity index is 2.56. The van der Waals surface area contributed by atoms with Gasteiger partial charge in [0.2, 0.25) is 5.91 Å². The number of carbonyl (C=O) groups is 1. The summed E-state index contributed by atoms with van der Waals surface area (Å²) in [5, 5.41) is 6.06. The van der Waals surface area contributed by atoms with E-state index in [1.807, 2.05) is 0 Å². The zero-order valence-electron chi connectivity index (χ0n) is 11.3. The lowest BCUT2D eigenvalue weighted by Gasteiger charge is -2.27. The Morgan fingerprint density at radius 2 is 2.00 bits per heavy atom. The lowest BCUT2D eigenvalue weighted by Crippen LogP contribution is -2.53. The van der Waals surface area contributed by atoms with Gasteiger partial charge in [0.1, 0.15) is 0 Å². The maximum Gasteiger partial charge on any atom is 0.480 e. The third-order valence-corrected chi connectivity index (χ3v) is 2.71. The molecule has 1 saturated heterocycles. The van der Waals surface area contributed by atoms with Crippen LogP contribution in [0.5, 0.6) is 0 Å². The molecule has 1 amide bonds. The van der Waals surface area contributed by atoms with Crippen molar-refractivity contribution >= 4 is 13.0 Å². The van der Waals surface area contributed by atoms with Crippen LogP contribution in [0.25, 0.3) is 0 Å². The van der Waals surface area contributed by atoms with Crippen molar-refractivity contribution in [1.82, 2.24) is 10.6 Å². The summed E-state index contributed by atoms with van der Waals surface area (Å²) < 4.78 is 11.3. The Morgan fingerprint density at radius 3 is 2.50 bits per heavy atom.